The van der Waals surface area contributed by atoms with Crippen molar-refractivity contribution in [3.8, 4) is 11.5 Å². The summed E-state index contributed by atoms with van der Waals surface area (Å²) in [6, 6.07) is 3.65. The summed E-state index contributed by atoms with van der Waals surface area (Å²) in [6.07, 6.45) is 8.41. The summed E-state index contributed by atoms with van der Waals surface area (Å²) in [5.41, 5.74) is 1.56. The molecule has 0 saturated heterocycles. The fourth-order valence-corrected chi connectivity index (χ4v) is 2.66. The Bertz CT molecular complexity index is 448. The third kappa shape index (κ3) is 3.72. The molecular weight excluding hydrogens is 238 g/mol. The number of aromatic hydroxyl groups is 1. The molecule has 0 aliphatic heterocycles. The Morgan fingerprint density at radius 3 is 2.74 bits per heavy atom. The van der Waals surface area contributed by atoms with E-state index in [0.29, 0.717) is 5.75 Å². The quantitative estimate of drug-likeness (QED) is 0.839. The van der Waals surface area contributed by atoms with Gasteiger partial charge in [-0.05, 0) is 43.4 Å². The van der Waals surface area contributed by atoms with Crippen molar-refractivity contribution in [2.45, 2.75) is 39.0 Å². The van der Waals surface area contributed by atoms with Gasteiger partial charge in [0.2, 0.25) is 0 Å². The lowest BCUT2D eigenvalue weighted by Crippen LogP contribution is -2.09. The number of rotatable bonds is 4. The number of methoxy groups -OCH3 is 1. The first-order valence-corrected chi connectivity index (χ1v) is 7.08. The number of phenolic OH excluding ortho intramolecular Hbond substituents is 1. The molecule has 0 amide bonds. The summed E-state index contributed by atoms with van der Waals surface area (Å²) in [4.78, 5) is 4.50. The smallest absolute Gasteiger partial charge is 0.127 e. The van der Waals surface area contributed by atoms with Gasteiger partial charge >= 0.3 is 0 Å². The van der Waals surface area contributed by atoms with Crippen LogP contribution in [0.4, 0.5) is 0 Å². The number of hydrogen-bond donors (Lipinski definition) is 1. The molecule has 3 heteroatoms. The van der Waals surface area contributed by atoms with E-state index in [1.54, 1.807) is 13.3 Å². The molecule has 0 aromatic heterocycles. The molecule has 0 unspecified atom stereocenters. The number of aryl methyl sites for hydroxylation is 1. The van der Waals surface area contributed by atoms with E-state index in [9.17, 15) is 5.11 Å². The molecule has 1 aromatic carbocycles. The zero-order valence-electron chi connectivity index (χ0n) is 11.9. The lowest BCUT2D eigenvalue weighted by Gasteiger charge is -2.19. The number of ether oxygens (including phenoxy) is 1. The second kappa shape index (κ2) is 6.60. The Morgan fingerprint density at radius 1 is 1.32 bits per heavy atom. The van der Waals surface area contributed by atoms with Gasteiger partial charge < -0.3 is 9.84 Å². The minimum atomic E-state index is 0.299. The Kier molecular flexibility index (Phi) is 4.83. The highest BCUT2D eigenvalue weighted by molar-refractivity contribution is 5.84. The number of phenols is 1. The van der Waals surface area contributed by atoms with Crippen molar-refractivity contribution in [1.82, 2.24) is 0 Å². The summed E-state index contributed by atoms with van der Waals surface area (Å²) >= 11 is 0. The van der Waals surface area contributed by atoms with Crippen LogP contribution in [0.1, 0.15) is 43.2 Å². The van der Waals surface area contributed by atoms with E-state index < -0.39 is 0 Å². The third-order valence-electron chi connectivity index (χ3n) is 3.86. The zero-order valence-corrected chi connectivity index (χ0v) is 11.9. The first kappa shape index (κ1) is 13.9. The number of benzene rings is 1. The van der Waals surface area contributed by atoms with Gasteiger partial charge in [-0.15, -0.1) is 0 Å². The molecule has 0 radical (unpaired) electrons. The predicted molar refractivity (Wildman–Crippen MR) is 78.4 cm³/mol. The molecule has 19 heavy (non-hydrogen) atoms. The maximum atomic E-state index is 10.0. The maximum Gasteiger partial charge on any atom is 0.127 e. The number of nitrogens with zero attached hydrogens (tertiary/aromatic N) is 1. The fraction of sp³-hybridized carbons (Fsp3) is 0.562. The molecule has 0 atom stereocenters. The van der Waals surface area contributed by atoms with Crippen molar-refractivity contribution in [3.63, 3.8) is 0 Å². The minimum Gasteiger partial charge on any atom is -0.507 e. The van der Waals surface area contributed by atoms with Crippen LogP contribution in [0.5, 0.6) is 11.5 Å². The molecule has 1 saturated carbocycles. The van der Waals surface area contributed by atoms with Gasteiger partial charge in [0.15, 0.2) is 0 Å². The Balaban J connectivity index is 2.03. The molecule has 1 fully saturated rings. The van der Waals surface area contributed by atoms with E-state index in [0.717, 1.165) is 29.3 Å². The lowest BCUT2D eigenvalue weighted by molar-refractivity contribution is 0.367. The van der Waals surface area contributed by atoms with Crippen molar-refractivity contribution >= 4 is 6.21 Å². The lowest BCUT2D eigenvalue weighted by atomic mass is 9.89. The highest BCUT2D eigenvalue weighted by Crippen LogP contribution is 2.27. The molecule has 1 aliphatic carbocycles. The molecule has 2 rings (SSSR count). The van der Waals surface area contributed by atoms with Crippen molar-refractivity contribution in [3.05, 3.63) is 23.3 Å². The Morgan fingerprint density at radius 2 is 2.05 bits per heavy atom. The predicted octanol–water partition coefficient (Wildman–Crippen LogP) is 3.71. The van der Waals surface area contributed by atoms with Gasteiger partial charge in [0.05, 0.1) is 7.11 Å². The van der Waals surface area contributed by atoms with Gasteiger partial charge in [-0.2, -0.15) is 0 Å². The van der Waals surface area contributed by atoms with E-state index in [1.165, 1.54) is 32.1 Å². The van der Waals surface area contributed by atoms with Gasteiger partial charge in [0.1, 0.15) is 11.5 Å². The molecular formula is C16H23NO2. The molecule has 0 heterocycles. The molecule has 104 valence electrons. The van der Waals surface area contributed by atoms with Crippen LogP contribution < -0.4 is 4.74 Å². The monoisotopic (exact) mass is 261 g/mol. The summed E-state index contributed by atoms with van der Waals surface area (Å²) in [7, 11) is 1.63. The van der Waals surface area contributed by atoms with Crippen molar-refractivity contribution in [1.29, 1.82) is 0 Å². The second-order valence-corrected chi connectivity index (χ2v) is 5.38. The Labute approximate surface area is 115 Å². The second-order valence-electron chi connectivity index (χ2n) is 5.38. The standard InChI is InChI=1S/C16H23NO2/c1-12-8-15(19-2)9-14(16(12)18)11-17-10-13-6-4-3-5-7-13/h8-9,11,13,18H,3-7,10H2,1-2H3. The summed E-state index contributed by atoms with van der Waals surface area (Å²) in [5, 5.41) is 10.0. The SMILES string of the molecule is COc1cc(C)c(O)c(C=NCC2CCCCC2)c1. The van der Waals surface area contributed by atoms with Gasteiger partial charge in [0.25, 0.3) is 0 Å². The van der Waals surface area contributed by atoms with E-state index in [4.69, 9.17) is 4.74 Å². The third-order valence-corrected chi connectivity index (χ3v) is 3.86. The van der Waals surface area contributed by atoms with E-state index in [-0.39, 0.29) is 0 Å². The highest BCUT2D eigenvalue weighted by Gasteiger charge is 2.12. The Hall–Kier alpha value is -1.51. The summed E-state index contributed by atoms with van der Waals surface area (Å²) in [5.74, 6) is 1.78. The fourth-order valence-electron chi connectivity index (χ4n) is 2.66. The van der Waals surface area contributed by atoms with Crippen LogP contribution in [-0.4, -0.2) is 25.0 Å². The molecule has 1 N–H and O–H groups in total. The molecule has 1 aromatic rings. The molecule has 3 nitrogen and oxygen atoms in total. The number of aliphatic imine (C=N–C) groups is 1. The minimum absolute atomic E-state index is 0.299. The van der Waals surface area contributed by atoms with Crippen LogP contribution in [0.3, 0.4) is 0 Å². The van der Waals surface area contributed by atoms with Gasteiger partial charge in [-0.25, -0.2) is 0 Å². The van der Waals surface area contributed by atoms with E-state index in [2.05, 4.69) is 4.99 Å². The van der Waals surface area contributed by atoms with E-state index >= 15 is 0 Å². The van der Waals surface area contributed by atoms with Crippen LogP contribution in [0.15, 0.2) is 17.1 Å². The van der Waals surface area contributed by atoms with Crippen LogP contribution in [0, 0.1) is 12.8 Å². The molecule has 1 aliphatic rings. The van der Waals surface area contributed by atoms with Crippen LogP contribution in [-0.2, 0) is 0 Å². The summed E-state index contributed by atoms with van der Waals surface area (Å²) < 4.78 is 5.21. The largest absolute Gasteiger partial charge is 0.507 e. The van der Waals surface area contributed by atoms with Crippen LogP contribution >= 0.6 is 0 Å². The van der Waals surface area contributed by atoms with Gasteiger partial charge in [-0.1, -0.05) is 19.3 Å². The average Bonchev–Trinajstić information content (AvgIpc) is 2.44. The number of hydrogen-bond acceptors (Lipinski definition) is 3. The highest BCUT2D eigenvalue weighted by atomic mass is 16.5. The maximum absolute atomic E-state index is 10.0. The first-order valence-electron chi connectivity index (χ1n) is 7.08. The average molecular weight is 261 g/mol. The van der Waals surface area contributed by atoms with Crippen LogP contribution in [0.25, 0.3) is 0 Å². The molecule has 0 spiro atoms. The zero-order chi connectivity index (χ0) is 13.7. The van der Waals surface area contributed by atoms with Crippen molar-refractivity contribution in [2.24, 2.45) is 10.9 Å². The van der Waals surface area contributed by atoms with E-state index in [1.807, 2.05) is 19.1 Å². The van der Waals surface area contributed by atoms with Gasteiger partial charge in [-0.3, -0.25) is 4.99 Å². The first-order chi connectivity index (χ1) is 9.20. The van der Waals surface area contributed by atoms with Crippen LogP contribution in [0.2, 0.25) is 0 Å². The topological polar surface area (TPSA) is 41.8 Å². The van der Waals surface area contributed by atoms with Gasteiger partial charge in [0, 0.05) is 18.3 Å². The summed E-state index contributed by atoms with van der Waals surface area (Å²) in [6.45, 7) is 2.74. The van der Waals surface area contributed by atoms with Crippen molar-refractivity contribution < 1.29 is 9.84 Å². The normalized spacial score (nSPS) is 16.9. The molecule has 0 bridgehead atoms. The van der Waals surface area contributed by atoms with Crippen molar-refractivity contribution in [2.75, 3.05) is 13.7 Å².